The van der Waals surface area contributed by atoms with Crippen molar-refractivity contribution in [3.05, 3.63) is 24.3 Å². The summed E-state index contributed by atoms with van der Waals surface area (Å²) in [5, 5.41) is 8.93. The highest BCUT2D eigenvalue weighted by molar-refractivity contribution is 6.13. The maximum Gasteiger partial charge on any atom is 0.117 e. The molecule has 0 aliphatic rings. The minimum absolute atomic E-state index is 0.205. The minimum Gasteiger partial charge on any atom is -0.508 e. The predicted octanol–water partition coefficient (Wildman–Crippen LogP) is 1.46. The first kappa shape index (κ1) is 7.18. The van der Waals surface area contributed by atoms with E-state index in [9.17, 15) is 0 Å². The number of hydrogen-bond donors (Lipinski definition) is 3. The van der Waals surface area contributed by atoms with Gasteiger partial charge < -0.3 is 10.5 Å². The molecule has 0 radical (unpaired) electrons. The third kappa shape index (κ3) is 1.79. The molecule has 1 aromatic carbocycles. The van der Waals surface area contributed by atoms with Crippen LogP contribution in [0.15, 0.2) is 24.3 Å². The van der Waals surface area contributed by atoms with Crippen LogP contribution < -0.4 is 10.4 Å². The molecule has 0 amide bonds. The van der Waals surface area contributed by atoms with Crippen molar-refractivity contribution in [3.8, 4) is 5.75 Å². The van der Waals surface area contributed by atoms with Gasteiger partial charge in [0.2, 0.25) is 0 Å². The Morgan fingerprint density at radius 1 is 1.40 bits per heavy atom. The van der Waals surface area contributed by atoms with Crippen LogP contribution in [0, 0.1) is 0 Å². The van der Waals surface area contributed by atoms with Crippen LogP contribution in [0.25, 0.3) is 0 Å². The monoisotopic (exact) mass is 158 g/mol. The first-order valence-corrected chi connectivity index (χ1v) is 3.11. The zero-order valence-electron chi connectivity index (χ0n) is 5.13. The molecule has 0 unspecified atom stereocenters. The number of hydrogen-bond acceptors (Lipinski definition) is 3. The fourth-order valence-corrected chi connectivity index (χ4v) is 0.747. The van der Waals surface area contributed by atoms with E-state index in [-0.39, 0.29) is 5.75 Å². The van der Waals surface area contributed by atoms with Crippen LogP contribution in [-0.4, -0.2) is 5.11 Å². The number of aromatic hydroxyl groups is 1. The van der Waals surface area contributed by atoms with Gasteiger partial charge in [0.25, 0.3) is 0 Å². The summed E-state index contributed by atoms with van der Waals surface area (Å²) in [4.78, 5) is 2.22. The number of nitrogens with one attached hydrogen (secondary N) is 2. The number of phenols is 1. The molecule has 0 spiro atoms. The third-order valence-electron chi connectivity index (χ3n) is 1.04. The molecule has 1 rings (SSSR count). The lowest BCUT2D eigenvalue weighted by atomic mass is 10.3. The third-order valence-corrected chi connectivity index (χ3v) is 1.13. The number of hydrazine groups is 1. The Labute approximate surface area is 63.7 Å². The molecule has 4 heteroatoms. The van der Waals surface area contributed by atoms with Gasteiger partial charge in [0.05, 0.1) is 5.69 Å². The van der Waals surface area contributed by atoms with E-state index in [0.717, 1.165) is 5.69 Å². The van der Waals surface area contributed by atoms with Crippen molar-refractivity contribution in [2.75, 3.05) is 5.43 Å². The summed E-state index contributed by atoms with van der Waals surface area (Å²) >= 11 is 5.15. The normalized spacial score (nSPS) is 9.30. The molecule has 54 valence electrons. The van der Waals surface area contributed by atoms with Crippen LogP contribution in [0.4, 0.5) is 5.69 Å². The summed E-state index contributed by atoms with van der Waals surface area (Å²) in [6.07, 6.45) is 0. The molecule has 0 saturated heterocycles. The Hall–Kier alpha value is -0.930. The lowest BCUT2D eigenvalue weighted by Crippen LogP contribution is -2.07. The molecule has 0 saturated carbocycles. The fraction of sp³-hybridized carbons (Fsp3) is 0. The highest BCUT2D eigenvalue weighted by Crippen LogP contribution is 2.13. The van der Waals surface area contributed by atoms with E-state index in [1.54, 1.807) is 24.3 Å². The quantitative estimate of drug-likeness (QED) is 0.451. The summed E-state index contributed by atoms with van der Waals surface area (Å²) in [6, 6.07) is 6.62. The van der Waals surface area contributed by atoms with Crippen LogP contribution in [0.1, 0.15) is 0 Å². The van der Waals surface area contributed by atoms with Crippen molar-refractivity contribution in [3.63, 3.8) is 0 Å². The molecule has 0 heterocycles. The largest absolute Gasteiger partial charge is 0.508 e. The van der Waals surface area contributed by atoms with Gasteiger partial charge in [-0.3, -0.25) is 0 Å². The van der Waals surface area contributed by atoms with Gasteiger partial charge in [-0.1, -0.05) is 6.07 Å². The standard InChI is InChI=1S/C6H7ClN2O/c7-9-8-5-2-1-3-6(10)4-5/h1-4,8-10H. The highest BCUT2D eigenvalue weighted by atomic mass is 35.5. The van der Waals surface area contributed by atoms with Crippen LogP contribution in [-0.2, 0) is 0 Å². The van der Waals surface area contributed by atoms with Crippen molar-refractivity contribution < 1.29 is 5.11 Å². The van der Waals surface area contributed by atoms with Crippen molar-refractivity contribution >= 4 is 17.5 Å². The first-order valence-electron chi connectivity index (χ1n) is 2.73. The second-order valence-electron chi connectivity index (χ2n) is 1.77. The molecule has 3 N–H and O–H groups in total. The lowest BCUT2D eigenvalue weighted by molar-refractivity contribution is 0.475. The molecule has 10 heavy (non-hydrogen) atoms. The molecular weight excluding hydrogens is 152 g/mol. The average molecular weight is 159 g/mol. The molecule has 0 bridgehead atoms. The van der Waals surface area contributed by atoms with E-state index in [1.807, 2.05) is 0 Å². The molecule has 0 atom stereocenters. The molecule has 0 fully saturated rings. The smallest absolute Gasteiger partial charge is 0.117 e. The number of rotatable bonds is 2. The first-order chi connectivity index (χ1) is 4.83. The van der Waals surface area contributed by atoms with E-state index >= 15 is 0 Å². The second kappa shape index (κ2) is 3.29. The van der Waals surface area contributed by atoms with E-state index < -0.39 is 0 Å². The average Bonchev–Trinajstić information content (AvgIpc) is 1.88. The maximum atomic E-state index is 8.93. The maximum absolute atomic E-state index is 8.93. The SMILES string of the molecule is Oc1cccc(NNCl)c1. The Morgan fingerprint density at radius 3 is 2.80 bits per heavy atom. The predicted molar refractivity (Wildman–Crippen MR) is 40.7 cm³/mol. The van der Waals surface area contributed by atoms with E-state index in [1.165, 1.54) is 0 Å². The zero-order valence-corrected chi connectivity index (χ0v) is 5.89. The van der Waals surface area contributed by atoms with Crippen molar-refractivity contribution in [2.24, 2.45) is 0 Å². The van der Waals surface area contributed by atoms with Crippen LogP contribution in [0.3, 0.4) is 0 Å². The summed E-state index contributed by atoms with van der Waals surface area (Å²) < 4.78 is 0. The number of halogens is 1. The topological polar surface area (TPSA) is 44.3 Å². The molecule has 3 nitrogen and oxygen atoms in total. The zero-order chi connectivity index (χ0) is 7.40. The van der Waals surface area contributed by atoms with Gasteiger partial charge in [0.1, 0.15) is 5.75 Å². The van der Waals surface area contributed by atoms with E-state index in [4.69, 9.17) is 16.9 Å². The molecule has 1 aromatic rings. The van der Waals surface area contributed by atoms with Gasteiger partial charge in [-0.2, -0.15) is 0 Å². The molecule has 0 aliphatic heterocycles. The molecule has 0 aromatic heterocycles. The van der Waals surface area contributed by atoms with Gasteiger partial charge in [-0.25, -0.2) is 0 Å². The van der Waals surface area contributed by atoms with E-state index in [2.05, 4.69) is 10.4 Å². The molecular formula is C6H7ClN2O. The summed E-state index contributed by atoms with van der Waals surface area (Å²) in [5.41, 5.74) is 3.32. The van der Waals surface area contributed by atoms with Crippen LogP contribution in [0.5, 0.6) is 5.75 Å². The summed E-state index contributed by atoms with van der Waals surface area (Å²) in [7, 11) is 0. The van der Waals surface area contributed by atoms with Crippen LogP contribution >= 0.6 is 11.8 Å². The Balaban J connectivity index is 2.75. The Kier molecular flexibility index (Phi) is 2.36. The number of anilines is 1. The summed E-state index contributed by atoms with van der Waals surface area (Å²) in [5.74, 6) is 0.205. The Morgan fingerprint density at radius 2 is 2.20 bits per heavy atom. The lowest BCUT2D eigenvalue weighted by Gasteiger charge is -2.00. The van der Waals surface area contributed by atoms with Gasteiger partial charge >= 0.3 is 0 Å². The molecule has 0 aliphatic carbocycles. The van der Waals surface area contributed by atoms with Gasteiger partial charge in [-0.15, -0.1) is 4.94 Å². The van der Waals surface area contributed by atoms with E-state index in [0.29, 0.717) is 0 Å². The second-order valence-corrected chi connectivity index (χ2v) is 1.96. The van der Waals surface area contributed by atoms with Crippen molar-refractivity contribution in [1.82, 2.24) is 4.94 Å². The number of benzene rings is 1. The van der Waals surface area contributed by atoms with Gasteiger partial charge in [-0.05, 0) is 23.9 Å². The van der Waals surface area contributed by atoms with Gasteiger partial charge in [0, 0.05) is 6.07 Å². The van der Waals surface area contributed by atoms with Crippen molar-refractivity contribution in [2.45, 2.75) is 0 Å². The van der Waals surface area contributed by atoms with Crippen LogP contribution in [0.2, 0.25) is 0 Å². The minimum atomic E-state index is 0.205. The Bertz CT molecular complexity index is 217. The van der Waals surface area contributed by atoms with Gasteiger partial charge in [0.15, 0.2) is 0 Å². The highest BCUT2D eigenvalue weighted by Gasteiger charge is 1.89. The fourth-order valence-electron chi connectivity index (χ4n) is 0.638. The summed E-state index contributed by atoms with van der Waals surface area (Å²) in [6.45, 7) is 0. The number of phenolic OH excluding ortho intramolecular Hbond substituents is 1. The van der Waals surface area contributed by atoms with Crippen molar-refractivity contribution in [1.29, 1.82) is 0 Å².